The lowest BCUT2D eigenvalue weighted by Crippen LogP contribution is -2.08. The van der Waals surface area contributed by atoms with Crippen LogP contribution in [-0.2, 0) is 24.3 Å². The summed E-state index contributed by atoms with van der Waals surface area (Å²) in [4.78, 5) is 4.58. The van der Waals surface area contributed by atoms with Crippen molar-refractivity contribution < 1.29 is 14.7 Å². The van der Waals surface area contributed by atoms with Crippen molar-refractivity contribution in [1.82, 2.24) is 0 Å². The maximum atomic E-state index is 10.1. The number of benzene rings is 1. The van der Waals surface area contributed by atoms with E-state index in [9.17, 15) is 5.11 Å². The van der Waals surface area contributed by atoms with Crippen LogP contribution < -0.4 is 10.6 Å². The number of fused-ring (bicyclic) bond motifs is 1. The number of hydrogen-bond acceptors (Lipinski definition) is 4. The molecule has 3 N–H and O–H groups in total. The number of nitrogens with two attached hydrogens (primary N) is 1. The van der Waals surface area contributed by atoms with Gasteiger partial charge in [0.15, 0.2) is 0 Å². The van der Waals surface area contributed by atoms with Crippen LogP contribution in [0.2, 0.25) is 0 Å². The van der Waals surface area contributed by atoms with Crippen molar-refractivity contribution in [2.75, 3.05) is 7.11 Å². The fourth-order valence-corrected chi connectivity index (χ4v) is 2.33. The van der Waals surface area contributed by atoms with Gasteiger partial charge < -0.3 is 9.84 Å². The van der Waals surface area contributed by atoms with E-state index >= 15 is 0 Å². The van der Waals surface area contributed by atoms with Crippen LogP contribution in [0.4, 0.5) is 0 Å². The number of aromatic hydroxyl groups is 1. The summed E-state index contributed by atoms with van der Waals surface area (Å²) in [5, 5.41) is 10.1. The average molecular weight is 223 g/mol. The highest BCUT2D eigenvalue weighted by Gasteiger charge is 2.20. The molecule has 88 valence electrons. The van der Waals surface area contributed by atoms with Gasteiger partial charge in [0.05, 0.1) is 13.7 Å². The molecule has 0 radical (unpaired) electrons. The number of phenols is 1. The van der Waals surface area contributed by atoms with Gasteiger partial charge in [-0.2, -0.15) is 0 Å². The molecule has 0 saturated carbocycles. The third kappa shape index (κ3) is 1.86. The van der Waals surface area contributed by atoms with Gasteiger partial charge in [0.1, 0.15) is 11.5 Å². The Morgan fingerprint density at radius 1 is 1.31 bits per heavy atom. The van der Waals surface area contributed by atoms with Crippen LogP contribution in [0.3, 0.4) is 0 Å². The van der Waals surface area contributed by atoms with E-state index in [2.05, 4.69) is 4.84 Å². The van der Waals surface area contributed by atoms with Crippen LogP contribution in [0.5, 0.6) is 11.5 Å². The summed E-state index contributed by atoms with van der Waals surface area (Å²) in [7, 11) is 1.65. The molecule has 4 nitrogen and oxygen atoms in total. The minimum Gasteiger partial charge on any atom is -0.507 e. The highest BCUT2D eigenvalue weighted by Crippen LogP contribution is 2.38. The summed E-state index contributed by atoms with van der Waals surface area (Å²) in [5.41, 5.74) is 2.82. The van der Waals surface area contributed by atoms with Crippen LogP contribution in [0.1, 0.15) is 29.5 Å². The molecule has 1 aliphatic carbocycles. The fourth-order valence-electron chi connectivity index (χ4n) is 2.33. The Morgan fingerprint density at radius 3 is 2.62 bits per heavy atom. The van der Waals surface area contributed by atoms with Crippen molar-refractivity contribution in [2.45, 2.75) is 32.3 Å². The fraction of sp³-hybridized carbons (Fsp3) is 0.500. The van der Waals surface area contributed by atoms with Crippen molar-refractivity contribution in [3.05, 3.63) is 22.8 Å². The SMILES string of the molecule is COc1cc(CON)c(O)c2c1CCCC2. The topological polar surface area (TPSA) is 64.7 Å². The second-order valence-corrected chi connectivity index (χ2v) is 4.06. The number of ether oxygens (including phenoxy) is 1. The molecule has 1 aliphatic rings. The Kier molecular flexibility index (Phi) is 3.31. The normalized spacial score (nSPS) is 14.6. The summed E-state index contributed by atoms with van der Waals surface area (Å²) >= 11 is 0. The monoisotopic (exact) mass is 223 g/mol. The quantitative estimate of drug-likeness (QED) is 0.765. The van der Waals surface area contributed by atoms with Crippen molar-refractivity contribution in [1.29, 1.82) is 0 Å². The smallest absolute Gasteiger partial charge is 0.124 e. The first-order valence-electron chi connectivity index (χ1n) is 5.50. The molecule has 0 unspecified atom stereocenters. The molecule has 2 rings (SSSR count). The van der Waals surface area contributed by atoms with Gasteiger partial charge in [-0.15, -0.1) is 0 Å². The highest BCUT2D eigenvalue weighted by molar-refractivity contribution is 5.53. The molecular formula is C12H17NO3. The summed E-state index contributed by atoms with van der Waals surface area (Å²) in [6.07, 6.45) is 4.12. The van der Waals surface area contributed by atoms with Gasteiger partial charge >= 0.3 is 0 Å². The molecule has 0 atom stereocenters. The first-order chi connectivity index (χ1) is 7.77. The summed E-state index contributed by atoms with van der Waals surface area (Å²) in [6, 6.07) is 1.81. The highest BCUT2D eigenvalue weighted by atomic mass is 16.6. The number of rotatable bonds is 3. The Labute approximate surface area is 94.9 Å². The minimum atomic E-state index is 0.204. The summed E-state index contributed by atoms with van der Waals surface area (Å²) < 4.78 is 5.35. The van der Waals surface area contributed by atoms with Crippen LogP contribution in [0.25, 0.3) is 0 Å². The van der Waals surface area contributed by atoms with E-state index in [1.54, 1.807) is 7.11 Å². The standard InChI is InChI=1S/C12H17NO3/c1-15-11-6-8(7-16-13)12(14)10-5-3-2-4-9(10)11/h6,14H,2-5,7,13H2,1H3. The molecule has 0 aliphatic heterocycles. The molecule has 16 heavy (non-hydrogen) atoms. The van der Waals surface area contributed by atoms with Crippen molar-refractivity contribution >= 4 is 0 Å². The van der Waals surface area contributed by atoms with Gasteiger partial charge in [0.2, 0.25) is 0 Å². The van der Waals surface area contributed by atoms with E-state index in [1.165, 1.54) is 0 Å². The molecule has 0 spiro atoms. The maximum absolute atomic E-state index is 10.1. The van der Waals surface area contributed by atoms with Crippen LogP contribution >= 0.6 is 0 Å². The van der Waals surface area contributed by atoms with E-state index in [1.807, 2.05) is 6.07 Å². The van der Waals surface area contributed by atoms with Crippen LogP contribution in [-0.4, -0.2) is 12.2 Å². The Morgan fingerprint density at radius 2 is 2.00 bits per heavy atom. The van der Waals surface area contributed by atoms with Gasteiger partial charge in [-0.05, 0) is 31.7 Å². The average Bonchev–Trinajstić information content (AvgIpc) is 2.33. The largest absolute Gasteiger partial charge is 0.507 e. The lowest BCUT2D eigenvalue weighted by molar-refractivity contribution is 0.122. The van der Waals surface area contributed by atoms with Crippen LogP contribution in [0.15, 0.2) is 6.07 Å². The minimum absolute atomic E-state index is 0.204. The lowest BCUT2D eigenvalue weighted by Gasteiger charge is -2.21. The second-order valence-electron chi connectivity index (χ2n) is 4.06. The summed E-state index contributed by atoms with van der Waals surface area (Å²) in [5.74, 6) is 6.20. The van der Waals surface area contributed by atoms with E-state index in [0.717, 1.165) is 42.6 Å². The molecule has 4 heteroatoms. The zero-order valence-electron chi connectivity index (χ0n) is 9.45. The van der Waals surface area contributed by atoms with Gasteiger partial charge in [-0.3, -0.25) is 4.84 Å². The Hall–Kier alpha value is -1.26. The van der Waals surface area contributed by atoms with Gasteiger partial charge in [0, 0.05) is 16.7 Å². The molecule has 0 aromatic heterocycles. The third-order valence-electron chi connectivity index (χ3n) is 3.12. The molecule has 1 aromatic carbocycles. The zero-order valence-corrected chi connectivity index (χ0v) is 9.45. The molecule has 1 aromatic rings. The van der Waals surface area contributed by atoms with E-state index in [0.29, 0.717) is 11.3 Å². The molecule has 0 bridgehead atoms. The zero-order chi connectivity index (χ0) is 11.5. The van der Waals surface area contributed by atoms with Gasteiger partial charge in [0.25, 0.3) is 0 Å². The summed E-state index contributed by atoms with van der Waals surface area (Å²) in [6.45, 7) is 0.204. The second kappa shape index (κ2) is 4.72. The predicted octanol–water partition coefficient (Wildman–Crippen LogP) is 1.67. The maximum Gasteiger partial charge on any atom is 0.124 e. The van der Waals surface area contributed by atoms with Gasteiger partial charge in [-0.1, -0.05) is 0 Å². The lowest BCUT2D eigenvalue weighted by atomic mass is 9.88. The number of phenolic OH excluding ortho intramolecular Hbond substituents is 1. The van der Waals surface area contributed by atoms with Crippen molar-refractivity contribution in [2.24, 2.45) is 5.90 Å². The first-order valence-corrected chi connectivity index (χ1v) is 5.50. The molecular weight excluding hydrogens is 206 g/mol. The Bertz CT molecular complexity index is 390. The molecule has 0 fully saturated rings. The predicted molar refractivity (Wildman–Crippen MR) is 60.3 cm³/mol. The van der Waals surface area contributed by atoms with E-state index in [-0.39, 0.29) is 6.61 Å². The molecule has 0 amide bonds. The molecule has 0 heterocycles. The van der Waals surface area contributed by atoms with Crippen LogP contribution in [0, 0.1) is 0 Å². The van der Waals surface area contributed by atoms with Gasteiger partial charge in [-0.25, -0.2) is 5.90 Å². The molecule has 0 saturated heterocycles. The van der Waals surface area contributed by atoms with E-state index in [4.69, 9.17) is 10.6 Å². The number of hydrogen-bond donors (Lipinski definition) is 2. The Balaban J connectivity index is 2.51. The van der Waals surface area contributed by atoms with Crippen molar-refractivity contribution in [3.8, 4) is 11.5 Å². The third-order valence-corrected chi connectivity index (χ3v) is 3.12. The first kappa shape index (κ1) is 11.2. The van der Waals surface area contributed by atoms with Crippen molar-refractivity contribution in [3.63, 3.8) is 0 Å². The van der Waals surface area contributed by atoms with E-state index < -0.39 is 0 Å². The number of methoxy groups -OCH3 is 1.